The van der Waals surface area contributed by atoms with Gasteiger partial charge in [0.15, 0.2) is 0 Å². The number of anilines is 1. The molecule has 0 saturated heterocycles. The van der Waals surface area contributed by atoms with Gasteiger partial charge in [-0.3, -0.25) is 13.9 Å². The fourth-order valence-corrected chi connectivity index (χ4v) is 5.63. The Labute approximate surface area is 219 Å². The van der Waals surface area contributed by atoms with Gasteiger partial charge in [0.25, 0.3) is 0 Å². The molecule has 0 aromatic heterocycles. The molecule has 1 saturated carbocycles. The highest BCUT2D eigenvalue weighted by Crippen LogP contribution is 2.22. The summed E-state index contributed by atoms with van der Waals surface area (Å²) in [6, 6.07) is 15.6. The number of halogens is 1. The second-order valence-electron chi connectivity index (χ2n) is 9.44. The number of nitrogens with one attached hydrogen (secondary N) is 1. The summed E-state index contributed by atoms with van der Waals surface area (Å²) in [5.74, 6) is -0.334. The molecule has 2 aromatic rings. The van der Waals surface area contributed by atoms with Crippen molar-refractivity contribution in [2.75, 3.05) is 17.1 Å². The van der Waals surface area contributed by atoms with Crippen LogP contribution in [0.3, 0.4) is 0 Å². The van der Waals surface area contributed by atoms with Crippen LogP contribution in [0.25, 0.3) is 0 Å². The Bertz CT molecular complexity index is 1100. The van der Waals surface area contributed by atoms with E-state index in [-0.39, 0.29) is 30.8 Å². The molecule has 0 heterocycles. The first-order valence-electron chi connectivity index (χ1n) is 12.5. The third-order valence-corrected chi connectivity index (χ3v) is 8.03. The molecule has 0 radical (unpaired) electrons. The van der Waals surface area contributed by atoms with Crippen molar-refractivity contribution < 1.29 is 18.0 Å². The highest BCUT2D eigenvalue weighted by Gasteiger charge is 2.28. The number of hydrogen-bond acceptors (Lipinski definition) is 4. The third-order valence-electron chi connectivity index (χ3n) is 6.58. The summed E-state index contributed by atoms with van der Waals surface area (Å²) in [5.41, 5.74) is 1.43. The molecule has 1 aliphatic rings. The average molecular weight is 534 g/mol. The van der Waals surface area contributed by atoms with Gasteiger partial charge in [-0.05, 0) is 56.0 Å². The first-order valence-corrected chi connectivity index (χ1v) is 14.7. The zero-order chi connectivity index (χ0) is 26.1. The van der Waals surface area contributed by atoms with Crippen molar-refractivity contribution in [3.63, 3.8) is 0 Å². The van der Waals surface area contributed by atoms with E-state index in [0.717, 1.165) is 37.5 Å². The highest BCUT2D eigenvalue weighted by atomic mass is 35.5. The minimum absolute atomic E-state index is 0.119. The first-order chi connectivity index (χ1) is 17.1. The number of amides is 2. The van der Waals surface area contributed by atoms with Gasteiger partial charge < -0.3 is 10.2 Å². The summed E-state index contributed by atoms with van der Waals surface area (Å²) in [6.07, 6.45) is 6.93. The van der Waals surface area contributed by atoms with Crippen LogP contribution in [-0.4, -0.2) is 50.0 Å². The van der Waals surface area contributed by atoms with Crippen LogP contribution in [0.5, 0.6) is 0 Å². The molecule has 0 aliphatic heterocycles. The predicted molar refractivity (Wildman–Crippen MR) is 144 cm³/mol. The highest BCUT2D eigenvalue weighted by molar-refractivity contribution is 7.92. The number of hydrogen-bond donors (Lipinski definition) is 1. The van der Waals surface area contributed by atoms with Crippen LogP contribution < -0.4 is 9.62 Å². The molecular weight excluding hydrogens is 498 g/mol. The molecule has 1 aliphatic carbocycles. The standard InChI is InChI=1S/C27H36ClN3O4S/c1-21(27(33)29-24-12-7-4-8-13-24)30(20-22-10-5-3-6-11-22)26(32)14-9-19-31(36(2,34)35)25-17-15-23(28)16-18-25/h3,5-6,10-11,15-18,21,24H,4,7-9,12-14,19-20H2,1-2H3,(H,29,33)/t21-/m1/s1. The monoisotopic (exact) mass is 533 g/mol. The predicted octanol–water partition coefficient (Wildman–Crippen LogP) is 4.75. The lowest BCUT2D eigenvalue weighted by Crippen LogP contribution is -2.50. The van der Waals surface area contributed by atoms with E-state index in [1.807, 2.05) is 30.3 Å². The van der Waals surface area contributed by atoms with Gasteiger partial charge in [-0.2, -0.15) is 0 Å². The zero-order valence-electron chi connectivity index (χ0n) is 21.0. The molecule has 196 valence electrons. The quantitative estimate of drug-likeness (QED) is 0.451. The van der Waals surface area contributed by atoms with Gasteiger partial charge in [0.2, 0.25) is 21.8 Å². The van der Waals surface area contributed by atoms with E-state index < -0.39 is 16.1 Å². The Morgan fingerprint density at radius 1 is 1.03 bits per heavy atom. The largest absolute Gasteiger partial charge is 0.352 e. The summed E-state index contributed by atoms with van der Waals surface area (Å²) in [5, 5.41) is 3.64. The Balaban J connectivity index is 1.68. The number of benzene rings is 2. The molecule has 0 bridgehead atoms. The Morgan fingerprint density at radius 2 is 1.67 bits per heavy atom. The van der Waals surface area contributed by atoms with Crippen molar-refractivity contribution in [2.24, 2.45) is 0 Å². The summed E-state index contributed by atoms with van der Waals surface area (Å²) < 4.78 is 26.1. The van der Waals surface area contributed by atoms with Gasteiger partial charge in [-0.25, -0.2) is 8.42 Å². The van der Waals surface area contributed by atoms with Crippen LogP contribution in [0, 0.1) is 0 Å². The van der Waals surface area contributed by atoms with E-state index in [0.29, 0.717) is 23.7 Å². The maximum absolute atomic E-state index is 13.4. The van der Waals surface area contributed by atoms with Crippen LogP contribution in [0.15, 0.2) is 54.6 Å². The molecule has 3 rings (SSSR count). The molecule has 9 heteroatoms. The number of carbonyl (C=O) groups excluding carboxylic acids is 2. The topological polar surface area (TPSA) is 86.8 Å². The van der Waals surface area contributed by atoms with E-state index in [2.05, 4.69) is 5.32 Å². The molecular formula is C27H36ClN3O4S. The van der Waals surface area contributed by atoms with Crippen molar-refractivity contribution in [3.8, 4) is 0 Å². The van der Waals surface area contributed by atoms with E-state index in [1.54, 1.807) is 36.1 Å². The van der Waals surface area contributed by atoms with Crippen molar-refractivity contribution in [1.82, 2.24) is 10.2 Å². The van der Waals surface area contributed by atoms with Crippen LogP contribution >= 0.6 is 11.6 Å². The summed E-state index contributed by atoms with van der Waals surface area (Å²) in [7, 11) is -3.54. The number of sulfonamides is 1. The lowest BCUT2D eigenvalue weighted by molar-refractivity contribution is -0.141. The van der Waals surface area contributed by atoms with Crippen molar-refractivity contribution in [1.29, 1.82) is 0 Å². The van der Waals surface area contributed by atoms with E-state index in [1.165, 1.54) is 10.7 Å². The summed E-state index contributed by atoms with van der Waals surface area (Å²) >= 11 is 5.94. The Kier molecular flexibility index (Phi) is 10.2. The second-order valence-corrected chi connectivity index (χ2v) is 11.8. The van der Waals surface area contributed by atoms with Gasteiger partial charge in [0.05, 0.1) is 11.9 Å². The molecule has 7 nitrogen and oxygen atoms in total. The summed E-state index contributed by atoms with van der Waals surface area (Å²) in [4.78, 5) is 28.0. The first kappa shape index (κ1) is 28.0. The smallest absolute Gasteiger partial charge is 0.242 e. The molecule has 1 atom stereocenters. The molecule has 0 spiro atoms. The fourth-order valence-electron chi connectivity index (χ4n) is 4.54. The Morgan fingerprint density at radius 3 is 2.28 bits per heavy atom. The lowest BCUT2D eigenvalue weighted by Gasteiger charge is -2.31. The van der Waals surface area contributed by atoms with Crippen LogP contribution in [0.2, 0.25) is 5.02 Å². The van der Waals surface area contributed by atoms with Gasteiger partial charge in [0, 0.05) is 30.6 Å². The molecule has 1 N–H and O–H groups in total. The van der Waals surface area contributed by atoms with Crippen molar-refractivity contribution in [3.05, 3.63) is 65.2 Å². The number of rotatable bonds is 11. The summed E-state index contributed by atoms with van der Waals surface area (Å²) in [6.45, 7) is 2.22. The SMILES string of the molecule is C[C@H](C(=O)NC1CCCCC1)N(Cc1ccccc1)C(=O)CCCN(c1ccc(Cl)cc1)S(C)(=O)=O. The normalized spacial score (nSPS) is 15.2. The van der Waals surface area contributed by atoms with Crippen LogP contribution in [-0.2, 0) is 26.2 Å². The maximum atomic E-state index is 13.4. The van der Waals surface area contributed by atoms with Gasteiger partial charge >= 0.3 is 0 Å². The molecule has 2 amide bonds. The third kappa shape index (κ3) is 8.23. The molecule has 0 unspecified atom stereocenters. The minimum Gasteiger partial charge on any atom is -0.352 e. The molecule has 1 fully saturated rings. The second kappa shape index (κ2) is 13.1. The minimum atomic E-state index is -3.54. The van der Waals surface area contributed by atoms with Crippen LogP contribution in [0.4, 0.5) is 5.69 Å². The van der Waals surface area contributed by atoms with E-state index in [4.69, 9.17) is 11.6 Å². The van der Waals surface area contributed by atoms with Crippen molar-refractivity contribution in [2.45, 2.75) is 70.5 Å². The van der Waals surface area contributed by atoms with Crippen molar-refractivity contribution >= 4 is 39.1 Å². The number of nitrogens with zero attached hydrogens (tertiary/aromatic N) is 2. The fraction of sp³-hybridized carbons (Fsp3) is 0.481. The van der Waals surface area contributed by atoms with Gasteiger partial charge in [0.1, 0.15) is 6.04 Å². The van der Waals surface area contributed by atoms with Gasteiger partial charge in [-0.1, -0.05) is 61.2 Å². The van der Waals surface area contributed by atoms with Gasteiger partial charge in [-0.15, -0.1) is 0 Å². The maximum Gasteiger partial charge on any atom is 0.242 e. The van der Waals surface area contributed by atoms with E-state index >= 15 is 0 Å². The van der Waals surface area contributed by atoms with E-state index in [9.17, 15) is 18.0 Å². The average Bonchev–Trinajstić information content (AvgIpc) is 2.86. The van der Waals surface area contributed by atoms with Crippen LogP contribution in [0.1, 0.15) is 57.4 Å². The lowest BCUT2D eigenvalue weighted by atomic mass is 9.95. The molecule has 36 heavy (non-hydrogen) atoms. The molecule has 2 aromatic carbocycles. The zero-order valence-corrected chi connectivity index (χ0v) is 22.6. The number of carbonyl (C=O) groups is 2. The Hall–Kier alpha value is -2.58.